The second-order valence-corrected chi connectivity index (χ2v) is 10.6. The highest BCUT2D eigenvalue weighted by Crippen LogP contribution is 2.46. The molecule has 5 heteroatoms. The molecule has 0 aromatic heterocycles. The first-order valence-corrected chi connectivity index (χ1v) is 12.9. The summed E-state index contributed by atoms with van der Waals surface area (Å²) in [6.45, 7) is 12.1. The molecule has 2 atom stereocenters. The Hall–Kier alpha value is -0.650. The van der Waals surface area contributed by atoms with Crippen LogP contribution in [0, 0.1) is 0 Å². The average molecular weight is 442 g/mol. The van der Waals surface area contributed by atoms with Crippen LogP contribution in [0.1, 0.15) is 125 Å². The van der Waals surface area contributed by atoms with Crippen molar-refractivity contribution in [2.24, 2.45) is 0 Å². The van der Waals surface area contributed by atoms with Crippen molar-refractivity contribution >= 4 is 5.97 Å². The Labute approximate surface area is 191 Å². The second kappa shape index (κ2) is 13.8. The quantitative estimate of drug-likeness (QED) is 0.241. The number of carbonyl (C=O) groups is 1. The predicted molar refractivity (Wildman–Crippen MR) is 128 cm³/mol. The van der Waals surface area contributed by atoms with Gasteiger partial charge in [-0.1, -0.05) is 71.6 Å². The zero-order valence-corrected chi connectivity index (χ0v) is 21.2. The molecule has 0 amide bonds. The first kappa shape index (κ1) is 28.4. The van der Waals surface area contributed by atoms with Gasteiger partial charge in [0.2, 0.25) is 0 Å². The number of hydrogen-bond donors (Lipinski definition) is 2. The van der Waals surface area contributed by atoms with Gasteiger partial charge in [0.1, 0.15) is 0 Å². The number of ether oxygens (including phenoxy) is 1. The molecule has 1 saturated heterocycles. The average Bonchev–Trinajstić information content (AvgIpc) is 2.69. The van der Waals surface area contributed by atoms with E-state index in [1.165, 1.54) is 32.1 Å². The molecule has 2 N–H and O–H groups in total. The number of nitrogens with zero attached hydrogens (tertiary/aromatic N) is 1. The molecule has 1 aliphatic rings. The molecule has 184 valence electrons. The number of piperidine rings is 1. The van der Waals surface area contributed by atoms with Gasteiger partial charge in [-0.3, -0.25) is 4.90 Å². The highest BCUT2D eigenvalue weighted by atomic mass is 16.5. The van der Waals surface area contributed by atoms with Crippen LogP contribution in [0.3, 0.4) is 0 Å². The van der Waals surface area contributed by atoms with Crippen molar-refractivity contribution in [1.29, 1.82) is 0 Å². The summed E-state index contributed by atoms with van der Waals surface area (Å²) >= 11 is 0. The van der Waals surface area contributed by atoms with E-state index < -0.39 is 11.6 Å². The van der Waals surface area contributed by atoms with Crippen molar-refractivity contribution in [3.8, 4) is 0 Å². The maximum atomic E-state index is 13.0. The molecular formula is C26H51NO4. The smallest absolute Gasteiger partial charge is 0.338 e. The third-order valence-corrected chi connectivity index (χ3v) is 7.00. The molecule has 2 unspecified atom stereocenters. The summed E-state index contributed by atoms with van der Waals surface area (Å²) in [5.74, 6) is -0.451. The Morgan fingerprint density at radius 1 is 0.871 bits per heavy atom. The summed E-state index contributed by atoms with van der Waals surface area (Å²) in [5, 5.41) is 20.9. The molecule has 0 saturated carbocycles. The Morgan fingerprint density at radius 2 is 1.45 bits per heavy atom. The number of hydrogen-bond acceptors (Lipinski definition) is 5. The minimum absolute atomic E-state index is 0.156. The Kier molecular flexibility index (Phi) is 12.6. The zero-order chi connectivity index (χ0) is 23.4. The van der Waals surface area contributed by atoms with E-state index in [1.807, 2.05) is 0 Å². The maximum Gasteiger partial charge on any atom is 0.338 e. The SMILES string of the molecule is CCCCCCCCC1(C)CC(O)(C(=O)OCCCCCC)CC(C)(C)N1CCCO. The maximum absolute atomic E-state index is 13.0. The molecule has 0 spiro atoms. The lowest BCUT2D eigenvalue weighted by Gasteiger charge is -2.58. The van der Waals surface area contributed by atoms with Gasteiger partial charge in [-0.15, -0.1) is 0 Å². The summed E-state index contributed by atoms with van der Waals surface area (Å²) < 4.78 is 5.56. The first-order chi connectivity index (χ1) is 14.6. The molecule has 0 aromatic carbocycles. The summed E-state index contributed by atoms with van der Waals surface area (Å²) in [6, 6.07) is 0. The molecule has 5 nitrogen and oxygen atoms in total. The van der Waals surface area contributed by atoms with E-state index >= 15 is 0 Å². The van der Waals surface area contributed by atoms with Gasteiger partial charge in [-0.05, 0) is 40.0 Å². The van der Waals surface area contributed by atoms with Crippen LogP contribution in [0.5, 0.6) is 0 Å². The van der Waals surface area contributed by atoms with Crippen molar-refractivity contribution in [2.45, 2.75) is 141 Å². The van der Waals surface area contributed by atoms with Crippen molar-refractivity contribution in [1.82, 2.24) is 4.90 Å². The molecule has 0 bridgehead atoms. The van der Waals surface area contributed by atoms with Crippen molar-refractivity contribution in [3.63, 3.8) is 0 Å². The molecule has 0 radical (unpaired) electrons. The predicted octanol–water partition coefficient (Wildman–Crippen LogP) is 5.61. The lowest BCUT2D eigenvalue weighted by atomic mass is 9.68. The second-order valence-electron chi connectivity index (χ2n) is 10.6. The van der Waals surface area contributed by atoms with Crippen molar-refractivity contribution < 1.29 is 19.7 Å². The van der Waals surface area contributed by atoms with Gasteiger partial charge in [-0.25, -0.2) is 4.79 Å². The third kappa shape index (κ3) is 9.01. The van der Waals surface area contributed by atoms with Crippen LogP contribution < -0.4 is 0 Å². The number of aliphatic hydroxyl groups is 2. The van der Waals surface area contributed by atoms with Gasteiger partial charge in [0.15, 0.2) is 5.60 Å². The normalized spacial score (nSPS) is 26.2. The third-order valence-electron chi connectivity index (χ3n) is 7.00. The number of unbranched alkanes of at least 4 members (excludes halogenated alkanes) is 8. The first-order valence-electron chi connectivity index (χ1n) is 12.9. The van der Waals surface area contributed by atoms with E-state index in [2.05, 4.69) is 39.5 Å². The van der Waals surface area contributed by atoms with Crippen LogP contribution in [0.4, 0.5) is 0 Å². The number of carbonyl (C=O) groups excluding carboxylic acids is 1. The minimum atomic E-state index is -1.44. The molecule has 0 aromatic rings. The molecular weight excluding hydrogens is 390 g/mol. The van der Waals surface area contributed by atoms with Crippen LogP contribution in [-0.2, 0) is 9.53 Å². The number of likely N-dealkylation sites (tertiary alicyclic amines) is 1. The lowest BCUT2D eigenvalue weighted by molar-refractivity contribution is -0.191. The van der Waals surface area contributed by atoms with Crippen LogP contribution in [0.25, 0.3) is 0 Å². The molecule has 1 heterocycles. The molecule has 31 heavy (non-hydrogen) atoms. The summed E-state index contributed by atoms with van der Waals surface area (Å²) in [7, 11) is 0. The number of aliphatic hydroxyl groups excluding tert-OH is 1. The van der Waals surface area contributed by atoms with Crippen LogP contribution in [0.2, 0.25) is 0 Å². The fourth-order valence-electron chi connectivity index (χ4n) is 5.61. The van der Waals surface area contributed by atoms with E-state index in [4.69, 9.17) is 4.74 Å². The number of esters is 1. The fraction of sp³-hybridized carbons (Fsp3) is 0.962. The van der Waals surface area contributed by atoms with Crippen molar-refractivity contribution in [2.75, 3.05) is 19.8 Å². The van der Waals surface area contributed by atoms with Crippen LogP contribution >= 0.6 is 0 Å². The summed E-state index contributed by atoms with van der Waals surface area (Å²) in [4.78, 5) is 15.4. The van der Waals surface area contributed by atoms with E-state index in [-0.39, 0.29) is 17.7 Å². The summed E-state index contributed by atoms with van der Waals surface area (Å²) in [6.07, 6.45) is 13.9. The topological polar surface area (TPSA) is 70.0 Å². The van der Waals surface area contributed by atoms with E-state index in [0.717, 1.165) is 45.1 Å². The van der Waals surface area contributed by atoms with Gasteiger partial charge in [0, 0.05) is 37.1 Å². The van der Waals surface area contributed by atoms with E-state index in [9.17, 15) is 15.0 Å². The van der Waals surface area contributed by atoms with E-state index in [1.54, 1.807) is 0 Å². The van der Waals surface area contributed by atoms with Gasteiger partial charge >= 0.3 is 5.97 Å². The van der Waals surface area contributed by atoms with Crippen LogP contribution in [-0.4, -0.2) is 57.5 Å². The largest absolute Gasteiger partial charge is 0.464 e. The highest BCUT2D eigenvalue weighted by Gasteiger charge is 2.56. The van der Waals surface area contributed by atoms with Crippen LogP contribution in [0.15, 0.2) is 0 Å². The lowest BCUT2D eigenvalue weighted by Crippen LogP contribution is -2.68. The number of rotatable bonds is 16. The van der Waals surface area contributed by atoms with Gasteiger partial charge in [0.05, 0.1) is 6.61 Å². The van der Waals surface area contributed by atoms with E-state index in [0.29, 0.717) is 25.9 Å². The van der Waals surface area contributed by atoms with Gasteiger partial charge in [0.25, 0.3) is 0 Å². The van der Waals surface area contributed by atoms with Crippen molar-refractivity contribution in [3.05, 3.63) is 0 Å². The Bertz CT molecular complexity index is 510. The zero-order valence-electron chi connectivity index (χ0n) is 21.2. The fourth-order valence-corrected chi connectivity index (χ4v) is 5.61. The van der Waals surface area contributed by atoms with Gasteiger partial charge < -0.3 is 14.9 Å². The van der Waals surface area contributed by atoms with Gasteiger partial charge in [-0.2, -0.15) is 0 Å². The molecule has 0 aliphatic carbocycles. The Balaban J connectivity index is 2.86. The summed E-state index contributed by atoms with van der Waals surface area (Å²) in [5.41, 5.74) is -2.08. The minimum Gasteiger partial charge on any atom is -0.464 e. The standard InChI is InChI=1S/C26H51NO4/c1-6-8-10-12-13-14-17-25(5)22-26(30,23(29)31-20-15-11-9-7-2)21-24(3,4)27(25)18-16-19-28/h28,30H,6-22H2,1-5H3. The molecule has 1 rings (SSSR count). The molecule has 1 aliphatic heterocycles. The molecule has 1 fully saturated rings. The Morgan fingerprint density at radius 3 is 2.06 bits per heavy atom. The monoisotopic (exact) mass is 441 g/mol. The highest BCUT2D eigenvalue weighted by molar-refractivity contribution is 5.80.